The van der Waals surface area contributed by atoms with Gasteiger partial charge in [-0.1, -0.05) is 37.3 Å². The van der Waals surface area contributed by atoms with Gasteiger partial charge in [0.05, 0.1) is 0 Å². The van der Waals surface area contributed by atoms with Gasteiger partial charge in [-0.15, -0.1) is 0 Å². The van der Waals surface area contributed by atoms with Crippen molar-refractivity contribution in [3.63, 3.8) is 0 Å². The molecular weight excluding hydrogens is 434 g/mol. The maximum absolute atomic E-state index is 4.89. The number of aryl methyl sites for hydroxylation is 2. The van der Waals surface area contributed by atoms with Gasteiger partial charge in [0.15, 0.2) is 17.0 Å². The highest BCUT2D eigenvalue weighted by Gasteiger charge is 2.19. The summed E-state index contributed by atoms with van der Waals surface area (Å²) in [4.78, 5) is 19.1. The summed E-state index contributed by atoms with van der Waals surface area (Å²) in [5, 5.41) is 3.53. The molecule has 1 N–H and O–H groups in total. The van der Waals surface area contributed by atoms with Gasteiger partial charge in [-0.2, -0.15) is 0 Å². The number of benzene rings is 2. The van der Waals surface area contributed by atoms with Crippen molar-refractivity contribution in [3.8, 4) is 5.69 Å². The highest BCUT2D eigenvalue weighted by atomic mass is 15.3. The van der Waals surface area contributed by atoms with E-state index in [2.05, 4.69) is 80.8 Å². The number of imidazole rings is 1. The first kappa shape index (κ1) is 23.3. The molecule has 0 bridgehead atoms. The fraction of sp³-hybridized carbons (Fsp3) is 0.393. The molecule has 35 heavy (non-hydrogen) atoms. The third-order valence-corrected chi connectivity index (χ3v) is 7.08. The lowest BCUT2D eigenvalue weighted by Crippen LogP contribution is -2.47. The molecule has 1 saturated heterocycles. The van der Waals surface area contributed by atoms with Crippen LogP contribution >= 0.6 is 0 Å². The third kappa shape index (κ3) is 4.86. The minimum Gasteiger partial charge on any atom is -0.369 e. The molecule has 0 amide bonds. The number of nitrogens with one attached hydrogen (secondary N) is 1. The largest absolute Gasteiger partial charge is 0.369 e. The average molecular weight is 470 g/mol. The van der Waals surface area contributed by atoms with E-state index in [-0.39, 0.29) is 0 Å². The van der Waals surface area contributed by atoms with Crippen LogP contribution in [-0.4, -0.2) is 63.7 Å². The summed E-state index contributed by atoms with van der Waals surface area (Å²) in [6, 6.07) is 16.9. The number of aromatic nitrogens is 4. The predicted molar refractivity (Wildman–Crippen MR) is 144 cm³/mol. The van der Waals surface area contributed by atoms with Crippen LogP contribution in [0.15, 0.2) is 54.9 Å². The summed E-state index contributed by atoms with van der Waals surface area (Å²) in [6.45, 7) is 12.9. The Morgan fingerprint density at radius 3 is 2.49 bits per heavy atom. The Bertz CT molecular complexity index is 1270. The summed E-state index contributed by atoms with van der Waals surface area (Å²) in [5.74, 6) is 1.82. The van der Waals surface area contributed by atoms with E-state index in [1.54, 1.807) is 6.33 Å². The molecule has 0 atom stereocenters. The second kappa shape index (κ2) is 10.4. The van der Waals surface area contributed by atoms with Gasteiger partial charge in [-0.3, -0.25) is 9.47 Å². The molecule has 5 rings (SSSR count). The van der Waals surface area contributed by atoms with Crippen LogP contribution in [0, 0.1) is 13.8 Å². The lowest BCUT2D eigenvalue weighted by molar-refractivity contribution is 0.257. The maximum atomic E-state index is 4.89. The number of rotatable bonds is 8. The second-order valence-corrected chi connectivity index (χ2v) is 9.28. The number of nitrogens with zero attached hydrogens (tertiary/aromatic N) is 6. The predicted octanol–water partition coefficient (Wildman–Crippen LogP) is 4.62. The summed E-state index contributed by atoms with van der Waals surface area (Å²) in [5.41, 5.74) is 6.94. The lowest BCUT2D eigenvalue weighted by Gasteiger charge is -2.37. The standard InChI is InChI=1S/C28H35N7/c1-4-25-32-26-27(30-20-31-28(26)35(25)23-11-6-5-7-12-23)29-14-9-15-33-16-18-34(19-17-33)24-13-8-10-21(2)22(24)3/h5-8,10-13,20H,4,9,14-19H2,1-3H3,(H,29,30,31). The molecule has 1 aliphatic rings. The Balaban J connectivity index is 1.18. The second-order valence-electron chi connectivity index (χ2n) is 9.28. The van der Waals surface area contributed by atoms with Crippen molar-refractivity contribution >= 4 is 22.7 Å². The minimum atomic E-state index is 0.819. The Morgan fingerprint density at radius 2 is 1.71 bits per heavy atom. The molecule has 0 unspecified atom stereocenters. The zero-order valence-electron chi connectivity index (χ0n) is 21.0. The van der Waals surface area contributed by atoms with Gasteiger partial charge in [-0.05, 0) is 56.1 Å². The fourth-order valence-corrected chi connectivity index (χ4v) is 4.95. The van der Waals surface area contributed by atoms with Crippen molar-refractivity contribution in [2.45, 2.75) is 33.6 Å². The monoisotopic (exact) mass is 469 g/mol. The van der Waals surface area contributed by atoms with Gasteiger partial charge in [-0.25, -0.2) is 15.0 Å². The smallest absolute Gasteiger partial charge is 0.170 e. The van der Waals surface area contributed by atoms with E-state index in [0.29, 0.717) is 0 Å². The van der Waals surface area contributed by atoms with Gasteiger partial charge in [0, 0.05) is 50.5 Å². The zero-order chi connectivity index (χ0) is 24.2. The SMILES string of the molecule is CCc1nc2c(NCCCN3CCN(c4cccc(C)c4C)CC3)ncnc2n1-c1ccccc1. The van der Waals surface area contributed by atoms with E-state index < -0.39 is 0 Å². The Kier molecular flexibility index (Phi) is 6.95. The summed E-state index contributed by atoms with van der Waals surface area (Å²) in [7, 11) is 0. The molecule has 182 valence electrons. The van der Waals surface area contributed by atoms with Crippen LogP contribution < -0.4 is 10.2 Å². The molecule has 1 fully saturated rings. The van der Waals surface area contributed by atoms with Crippen molar-refractivity contribution in [3.05, 3.63) is 71.8 Å². The van der Waals surface area contributed by atoms with Gasteiger partial charge in [0.1, 0.15) is 12.2 Å². The van der Waals surface area contributed by atoms with Crippen molar-refractivity contribution < 1.29 is 0 Å². The van der Waals surface area contributed by atoms with Crippen LogP contribution in [0.1, 0.15) is 30.3 Å². The summed E-state index contributed by atoms with van der Waals surface area (Å²) < 4.78 is 2.14. The van der Waals surface area contributed by atoms with Crippen molar-refractivity contribution in [1.82, 2.24) is 24.4 Å². The van der Waals surface area contributed by atoms with Gasteiger partial charge >= 0.3 is 0 Å². The van der Waals surface area contributed by atoms with Crippen LogP contribution in [0.25, 0.3) is 16.9 Å². The normalized spacial score (nSPS) is 14.5. The molecule has 7 nitrogen and oxygen atoms in total. The van der Waals surface area contributed by atoms with Gasteiger partial charge < -0.3 is 10.2 Å². The van der Waals surface area contributed by atoms with Crippen molar-refractivity contribution in [1.29, 1.82) is 0 Å². The van der Waals surface area contributed by atoms with Gasteiger partial charge in [0.25, 0.3) is 0 Å². The Hall–Kier alpha value is -3.45. The van der Waals surface area contributed by atoms with Crippen LogP contribution in [-0.2, 0) is 6.42 Å². The molecule has 1 aliphatic heterocycles. The number of para-hydroxylation sites is 1. The molecule has 0 aliphatic carbocycles. The van der Waals surface area contributed by atoms with E-state index in [0.717, 1.165) is 80.6 Å². The lowest BCUT2D eigenvalue weighted by atomic mass is 10.1. The number of anilines is 2. The minimum absolute atomic E-state index is 0.819. The van der Waals surface area contributed by atoms with E-state index in [1.165, 1.54) is 16.8 Å². The topological polar surface area (TPSA) is 62.1 Å². The summed E-state index contributed by atoms with van der Waals surface area (Å²) in [6.07, 6.45) is 3.53. The zero-order valence-corrected chi connectivity index (χ0v) is 21.0. The highest BCUT2D eigenvalue weighted by Crippen LogP contribution is 2.25. The summed E-state index contributed by atoms with van der Waals surface area (Å²) >= 11 is 0. The van der Waals surface area contributed by atoms with E-state index in [9.17, 15) is 0 Å². The van der Waals surface area contributed by atoms with Gasteiger partial charge in [0.2, 0.25) is 0 Å². The van der Waals surface area contributed by atoms with E-state index in [4.69, 9.17) is 4.98 Å². The number of fused-ring (bicyclic) bond motifs is 1. The highest BCUT2D eigenvalue weighted by molar-refractivity contribution is 5.84. The maximum Gasteiger partial charge on any atom is 0.170 e. The molecule has 4 aromatic rings. The third-order valence-electron chi connectivity index (χ3n) is 7.08. The van der Waals surface area contributed by atoms with Crippen LogP contribution in [0.3, 0.4) is 0 Å². The van der Waals surface area contributed by atoms with Crippen LogP contribution in [0.4, 0.5) is 11.5 Å². The molecule has 0 saturated carbocycles. The van der Waals surface area contributed by atoms with Crippen molar-refractivity contribution in [2.24, 2.45) is 0 Å². The molecule has 2 aromatic carbocycles. The average Bonchev–Trinajstić information content (AvgIpc) is 3.29. The van der Waals surface area contributed by atoms with Crippen LogP contribution in [0.2, 0.25) is 0 Å². The Labute approximate surface area is 207 Å². The number of hydrogen-bond acceptors (Lipinski definition) is 6. The molecule has 3 heterocycles. The molecule has 0 spiro atoms. The van der Waals surface area contributed by atoms with E-state index >= 15 is 0 Å². The van der Waals surface area contributed by atoms with Crippen LogP contribution in [0.5, 0.6) is 0 Å². The molecule has 0 radical (unpaired) electrons. The number of hydrogen-bond donors (Lipinski definition) is 1. The number of piperazine rings is 1. The quantitative estimate of drug-likeness (QED) is 0.380. The molecule has 7 heteroatoms. The van der Waals surface area contributed by atoms with Crippen molar-refractivity contribution in [2.75, 3.05) is 49.5 Å². The van der Waals surface area contributed by atoms with E-state index in [1.807, 2.05) is 18.2 Å². The Morgan fingerprint density at radius 1 is 0.914 bits per heavy atom. The first-order chi connectivity index (χ1) is 17.2. The first-order valence-corrected chi connectivity index (χ1v) is 12.7. The fourth-order valence-electron chi connectivity index (χ4n) is 4.95. The first-order valence-electron chi connectivity index (χ1n) is 12.7. The molecule has 2 aromatic heterocycles. The molecular formula is C28H35N7.